The van der Waals surface area contributed by atoms with Crippen molar-refractivity contribution in [2.24, 2.45) is 5.73 Å². The molecular weight excluding hydrogens is 172 g/mol. The Morgan fingerprint density at radius 2 is 1.57 bits per heavy atom. The molecule has 1 unspecified atom stereocenters. The number of aryl methyl sites for hydroxylation is 2. The monoisotopic (exact) mass is 192 g/mol. The van der Waals surface area contributed by atoms with Gasteiger partial charge in [0.1, 0.15) is 0 Å². The number of benzene rings is 1. The van der Waals surface area contributed by atoms with Gasteiger partial charge in [-0.25, -0.2) is 0 Å². The van der Waals surface area contributed by atoms with Crippen LogP contribution >= 0.6 is 0 Å². The fraction of sp³-hybridized carbons (Fsp3) is 0.500. The van der Waals surface area contributed by atoms with Gasteiger partial charge in [-0.2, -0.15) is 0 Å². The smallest absolute Gasteiger partial charge is 0.0379 e. The zero-order valence-electron chi connectivity index (χ0n) is 9.30. The number of nitrogen functional groups attached to an aromatic ring is 1. The number of rotatable bonds is 3. The van der Waals surface area contributed by atoms with Crippen LogP contribution in [0.1, 0.15) is 43.5 Å². The van der Waals surface area contributed by atoms with E-state index in [1.165, 1.54) is 16.7 Å². The van der Waals surface area contributed by atoms with Crippen molar-refractivity contribution < 1.29 is 0 Å². The lowest BCUT2D eigenvalue weighted by atomic mass is 9.97. The first-order valence-electron chi connectivity index (χ1n) is 5.26. The molecule has 0 bridgehead atoms. The highest BCUT2D eigenvalue weighted by Crippen LogP contribution is 2.24. The largest absolute Gasteiger partial charge is 0.398 e. The Hall–Kier alpha value is -1.02. The number of anilines is 1. The standard InChI is InChI=1S/C12H20N2/c1-4-9-6-11(8(3)13)7-10(5-2)12(9)14/h6-8H,4-5,13-14H2,1-3H3. The molecule has 4 N–H and O–H groups in total. The summed E-state index contributed by atoms with van der Waals surface area (Å²) in [5, 5.41) is 0. The van der Waals surface area contributed by atoms with Gasteiger partial charge in [-0.3, -0.25) is 0 Å². The predicted octanol–water partition coefficient (Wildman–Crippen LogP) is 2.41. The zero-order chi connectivity index (χ0) is 10.7. The average Bonchev–Trinajstić information content (AvgIpc) is 2.17. The van der Waals surface area contributed by atoms with Crippen molar-refractivity contribution in [1.29, 1.82) is 0 Å². The Bertz CT molecular complexity index is 291. The minimum atomic E-state index is 0.0891. The van der Waals surface area contributed by atoms with E-state index in [1.54, 1.807) is 0 Å². The van der Waals surface area contributed by atoms with E-state index in [2.05, 4.69) is 26.0 Å². The van der Waals surface area contributed by atoms with E-state index in [0.29, 0.717) is 0 Å². The van der Waals surface area contributed by atoms with E-state index in [-0.39, 0.29) is 6.04 Å². The van der Waals surface area contributed by atoms with E-state index >= 15 is 0 Å². The highest BCUT2D eigenvalue weighted by Gasteiger charge is 2.07. The van der Waals surface area contributed by atoms with Gasteiger partial charge in [0, 0.05) is 11.7 Å². The van der Waals surface area contributed by atoms with Crippen molar-refractivity contribution in [3.63, 3.8) is 0 Å². The van der Waals surface area contributed by atoms with Crippen molar-refractivity contribution in [3.8, 4) is 0 Å². The van der Waals surface area contributed by atoms with Crippen molar-refractivity contribution in [2.45, 2.75) is 39.7 Å². The lowest BCUT2D eigenvalue weighted by molar-refractivity contribution is 0.812. The summed E-state index contributed by atoms with van der Waals surface area (Å²) < 4.78 is 0. The Morgan fingerprint density at radius 1 is 1.14 bits per heavy atom. The quantitative estimate of drug-likeness (QED) is 0.723. The molecule has 78 valence electrons. The second-order valence-electron chi connectivity index (χ2n) is 3.75. The molecule has 0 saturated heterocycles. The molecule has 1 atom stereocenters. The number of hydrogen-bond donors (Lipinski definition) is 2. The van der Waals surface area contributed by atoms with Crippen LogP contribution in [0.15, 0.2) is 12.1 Å². The Morgan fingerprint density at radius 3 is 1.86 bits per heavy atom. The molecule has 0 heterocycles. The van der Waals surface area contributed by atoms with Gasteiger partial charge < -0.3 is 11.5 Å². The third kappa shape index (κ3) is 2.07. The van der Waals surface area contributed by atoms with Crippen LogP contribution in [0, 0.1) is 0 Å². The van der Waals surface area contributed by atoms with Crippen LogP contribution in [0.4, 0.5) is 5.69 Å². The molecule has 0 aromatic heterocycles. The maximum Gasteiger partial charge on any atom is 0.0379 e. The highest BCUT2D eigenvalue weighted by atomic mass is 14.6. The van der Waals surface area contributed by atoms with Gasteiger partial charge in [-0.1, -0.05) is 26.0 Å². The van der Waals surface area contributed by atoms with Gasteiger partial charge in [0.15, 0.2) is 0 Å². The summed E-state index contributed by atoms with van der Waals surface area (Å²) in [6, 6.07) is 4.34. The summed E-state index contributed by atoms with van der Waals surface area (Å²) in [6.07, 6.45) is 1.94. The molecule has 0 saturated carbocycles. The Kier molecular flexibility index (Phi) is 3.53. The maximum atomic E-state index is 6.03. The fourth-order valence-corrected chi connectivity index (χ4v) is 1.65. The minimum absolute atomic E-state index is 0.0891. The lowest BCUT2D eigenvalue weighted by Crippen LogP contribution is -2.08. The number of nitrogens with two attached hydrogens (primary N) is 2. The van der Waals surface area contributed by atoms with Gasteiger partial charge in [0.05, 0.1) is 0 Å². The number of hydrogen-bond acceptors (Lipinski definition) is 2. The summed E-state index contributed by atoms with van der Waals surface area (Å²) in [5.41, 5.74) is 16.5. The third-order valence-corrected chi connectivity index (χ3v) is 2.66. The lowest BCUT2D eigenvalue weighted by Gasteiger charge is -2.14. The van der Waals surface area contributed by atoms with E-state index in [1.807, 2.05) is 6.92 Å². The van der Waals surface area contributed by atoms with Gasteiger partial charge in [0.25, 0.3) is 0 Å². The topological polar surface area (TPSA) is 52.0 Å². The van der Waals surface area contributed by atoms with Gasteiger partial charge in [0.2, 0.25) is 0 Å². The van der Waals surface area contributed by atoms with Gasteiger partial charge >= 0.3 is 0 Å². The van der Waals surface area contributed by atoms with Crippen LogP contribution in [-0.2, 0) is 12.8 Å². The van der Waals surface area contributed by atoms with E-state index in [9.17, 15) is 0 Å². The van der Waals surface area contributed by atoms with E-state index < -0.39 is 0 Å². The van der Waals surface area contributed by atoms with Crippen molar-refractivity contribution >= 4 is 5.69 Å². The van der Waals surface area contributed by atoms with Crippen LogP contribution in [0.2, 0.25) is 0 Å². The molecule has 1 aromatic rings. The Balaban J connectivity index is 3.25. The highest BCUT2D eigenvalue weighted by molar-refractivity contribution is 5.56. The van der Waals surface area contributed by atoms with Crippen molar-refractivity contribution in [2.75, 3.05) is 5.73 Å². The van der Waals surface area contributed by atoms with Crippen molar-refractivity contribution in [3.05, 3.63) is 28.8 Å². The molecule has 14 heavy (non-hydrogen) atoms. The Labute approximate surface area is 86.3 Å². The fourth-order valence-electron chi connectivity index (χ4n) is 1.65. The van der Waals surface area contributed by atoms with Crippen LogP contribution in [-0.4, -0.2) is 0 Å². The van der Waals surface area contributed by atoms with Crippen LogP contribution in [0.25, 0.3) is 0 Å². The maximum absolute atomic E-state index is 6.03. The predicted molar refractivity (Wildman–Crippen MR) is 62.2 cm³/mol. The second-order valence-corrected chi connectivity index (χ2v) is 3.75. The van der Waals surface area contributed by atoms with Crippen LogP contribution < -0.4 is 11.5 Å². The average molecular weight is 192 g/mol. The second kappa shape index (κ2) is 4.47. The van der Waals surface area contributed by atoms with Crippen LogP contribution in [0.5, 0.6) is 0 Å². The molecule has 0 amide bonds. The van der Waals surface area contributed by atoms with E-state index in [0.717, 1.165) is 18.5 Å². The summed E-state index contributed by atoms with van der Waals surface area (Å²) >= 11 is 0. The molecule has 0 aliphatic carbocycles. The molecule has 2 nitrogen and oxygen atoms in total. The van der Waals surface area contributed by atoms with E-state index in [4.69, 9.17) is 11.5 Å². The molecule has 0 aliphatic heterocycles. The zero-order valence-corrected chi connectivity index (χ0v) is 9.30. The summed E-state index contributed by atoms with van der Waals surface area (Å²) in [7, 11) is 0. The summed E-state index contributed by atoms with van der Waals surface area (Å²) in [6.45, 7) is 6.25. The molecule has 0 radical (unpaired) electrons. The SMILES string of the molecule is CCc1cc(C(C)N)cc(CC)c1N. The summed E-state index contributed by atoms with van der Waals surface area (Å²) in [5.74, 6) is 0. The molecule has 0 fully saturated rings. The van der Waals surface area contributed by atoms with Gasteiger partial charge in [-0.15, -0.1) is 0 Å². The first kappa shape index (κ1) is 11.1. The van der Waals surface area contributed by atoms with Gasteiger partial charge in [-0.05, 0) is 36.5 Å². The molecule has 1 rings (SSSR count). The third-order valence-electron chi connectivity index (χ3n) is 2.66. The molecule has 0 aliphatic rings. The molecule has 0 spiro atoms. The molecular formula is C12H20N2. The normalized spacial score (nSPS) is 12.9. The van der Waals surface area contributed by atoms with Crippen LogP contribution in [0.3, 0.4) is 0 Å². The molecule has 2 heteroatoms. The molecule has 1 aromatic carbocycles. The first-order chi connectivity index (χ1) is 6.60. The minimum Gasteiger partial charge on any atom is -0.398 e. The first-order valence-corrected chi connectivity index (χ1v) is 5.26. The van der Waals surface area contributed by atoms with Crippen molar-refractivity contribution in [1.82, 2.24) is 0 Å². The summed E-state index contributed by atoms with van der Waals surface area (Å²) in [4.78, 5) is 0.